The Morgan fingerprint density at radius 1 is 1.11 bits per heavy atom. The molecule has 0 saturated heterocycles. The number of rotatable bonds is 8. The van der Waals surface area contributed by atoms with Gasteiger partial charge in [0, 0.05) is 12.2 Å². The molecule has 0 aliphatic carbocycles. The van der Waals surface area contributed by atoms with E-state index in [1.54, 1.807) is 0 Å². The van der Waals surface area contributed by atoms with Crippen LogP contribution in [0.1, 0.15) is 25.8 Å². The van der Waals surface area contributed by atoms with E-state index in [1.165, 1.54) is 11.8 Å². The molecule has 6 nitrogen and oxygen atoms in total. The van der Waals surface area contributed by atoms with E-state index < -0.39 is 0 Å². The van der Waals surface area contributed by atoms with Gasteiger partial charge in [-0.2, -0.15) is 0 Å². The van der Waals surface area contributed by atoms with Gasteiger partial charge in [-0.05, 0) is 38.1 Å². The summed E-state index contributed by atoms with van der Waals surface area (Å²) in [5, 5.41) is 12.1. The Bertz CT molecular complexity index is 868. The zero-order chi connectivity index (χ0) is 19.1. The summed E-state index contributed by atoms with van der Waals surface area (Å²) in [6, 6.07) is 19.0. The van der Waals surface area contributed by atoms with E-state index in [2.05, 4.69) is 15.5 Å². The highest BCUT2D eigenvalue weighted by molar-refractivity contribution is 7.99. The molecular weight excluding hydrogens is 360 g/mol. The van der Waals surface area contributed by atoms with Gasteiger partial charge in [-0.15, -0.1) is 10.2 Å². The SMILES string of the molecule is CCn1c(SCC(=O)Nc2ccccc2)nnc1C(C)Oc1ccccc1. The van der Waals surface area contributed by atoms with Crippen molar-refractivity contribution in [3.63, 3.8) is 0 Å². The first-order chi connectivity index (χ1) is 13.2. The molecule has 0 aliphatic heterocycles. The summed E-state index contributed by atoms with van der Waals surface area (Å²) in [5.74, 6) is 1.72. The van der Waals surface area contributed by atoms with Crippen LogP contribution in [0.4, 0.5) is 5.69 Å². The first-order valence-corrected chi connectivity index (χ1v) is 9.78. The first kappa shape index (κ1) is 19.0. The number of anilines is 1. The molecule has 0 fully saturated rings. The number of thioether (sulfide) groups is 1. The molecule has 0 aliphatic rings. The van der Waals surface area contributed by atoms with E-state index in [0.29, 0.717) is 11.7 Å². The zero-order valence-corrected chi connectivity index (χ0v) is 16.1. The average molecular weight is 382 g/mol. The Balaban J connectivity index is 1.62. The topological polar surface area (TPSA) is 69.0 Å². The lowest BCUT2D eigenvalue weighted by Crippen LogP contribution is -2.15. The van der Waals surface area contributed by atoms with Crippen molar-refractivity contribution in [2.24, 2.45) is 0 Å². The number of aromatic nitrogens is 3. The lowest BCUT2D eigenvalue weighted by molar-refractivity contribution is -0.113. The Morgan fingerprint density at radius 2 is 1.78 bits per heavy atom. The second-order valence-electron chi connectivity index (χ2n) is 5.86. The van der Waals surface area contributed by atoms with Crippen molar-refractivity contribution in [1.82, 2.24) is 14.8 Å². The minimum atomic E-state index is -0.243. The third-order valence-corrected chi connectivity index (χ3v) is 4.84. The van der Waals surface area contributed by atoms with Crippen LogP contribution in [0, 0.1) is 0 Å². The number of ether oxygens (including phenoxy) is 1. The summed E-state index contributed by atoms with van der Waals surface area (Å²) in [5.41, 5.74) is 0.783. The molecule has 3 rings (SSSR count). The highest BCUT2D eigenvalue weighted by Gasteiger charge is 2.19. The van der Waals surface area contributed by atoms with Crippen molar-refractivity contribution >= 4 is 23.4 Å². The maximum atomic E-state index is 12.2. The second kappa shape index (κ2) is 9.23. The number of carbonyl (C=O) groups excluding carboxylic acids is 1. The largest absolute Gasteiger partial charge is 0.483 e. The fourth-order valence-corrected chi connectivity index (χ4v) is 3.42. The highest BCUT2D eigenvalue weighted by Crippen LogP contribution is 2.24. The van der Waals surface area contributed by atoms with Gasteiger partial charge in [0.05, 0.1) is 5.75 Å². The molecule has 140 valence electrons. The highest BCUT2D eigenvalue weighted by atomic mass is 32.2. The number of nitrogens with one attached hydrogen (secondary N) is 1. The van der Waals surface area contributed by atoms with Crippen LogP contribution in [0.15, 0.2) is 65.8 Å². The van der Waals surface area contributed by atoms with Gasteiger partial charge in [0.1, 0.15) is 5.75 Å². The molecule has 1 aromatic heterocycles. The predicted octanol–water partition coefficient (Wildman–Crippen LogP) is 4.17. The van der Waals surface area contributed by atoms with Crippen molar-refractivity contribution in [3.05, 3.63) is 66.5 Å². The van der Waals surface area contributed by atoms with Gasteiger partial charge in [0.15, 0.2) is 17.1 Å². The normalized spacial score (nSPS) is 11.8. The van der Waals surface area contributed by atoms with Gasteiger partial charge in [0.2, 0.25) is 5.91 Å². The Morgan fingerprint density at radius 3 is 2.44 bits per heavy atom. The summed E-state index contributed by atoms with van der Waals surface area (Å²) in [4.78, 5) is 12.2. The third-order valence-electron chi connectivity index (χ3n) is 3.87. The number of nitrogens with zero attached hydrogens (tertiary/aromatic N) is 3. The average Bonchev–Trinajstić information content (AvgIpc) is 3.11. The van der Waals surface area contributed by atoms with Gasteiger partial charge < -0.3 is 14.6 Å². The van der Waals surface area contributed by atoms with E-state index in [1.807, 2.05) is 79.1 Å². The molecule has 1 atom stereocenters. The molecule has 0 bridgehead atoms. The Hall–Kier alpha value is -2.80. The molecule has 7 heteroatoms. The molecule has 27 heavy (non-hydrogen) atoms. The van der Waals surface area contributed by atoms with E-state index in [9.17, 15) is 4.79 Å². The van der Waals surface area contributed by atoms with E-state index >= 15 is 0 Å². The Kier molecular flexibility index (Phi) is 6.49. The maximum Gasteiger partial charge on any atom is 0.234 e. The molecular formula is C20H22N4O2S. The number of hydrogen-bond donors (Lipinski definition) is 1. The summed E-state index contributed by atoms with van der Waals surface area (Å²) in [7, 11) is 0. The van der Waals surface area contributed by atoms with Crippen LogP contribution in [-0.4, -0.2) is 26.4 Å². The smallest absolute Gasteiger partial charge is 0.234 e. The number of benzene rings is 2. The number of para-hydroxylation sites is 2. The molecule has 1 N–H and O–H groups in total. The molecule has 3 aromatic rings. The minimum absolute atomic E-state index is 0.0769. The van der Waals surface area contributed by atoms with E-state index in [0.717, 1.165) is 17.3 Å². The maximum absolute atomic E-state index is 12.2. The van der Waals surface area contributed by atoms with Crippen LogP contribution in [0.5, 0.6) is 5.75 Å². The van der Waals surface area contributed by atoms with Gasteiger partial charge >= 0.3 is 0 Å². The summed E-state index contributed by atoms with van der Waals surface area (Å²) >= 11 is 1.37. The number of amides is 1. The quantitative estimate of drug-likeness (QED) is 0.592. The van der Waals surface area contributed by atoms with Crippen molar-refractivity contribution in [2.75, 3.05) is 11.1 Å². The molecule has 1 amide bonds. The fraction of sp³-hybridized carbons (Fsp3) is 0.250. The van der Waals surface area contributed by atoms with Crippen molar-refractivity contribution in [2.45, 2.75) is 31.7 Å². The van der Waals surface area contributed by atoms with Crippen LogP contribution in [0.3, 0.4) is 0 Å². The molecule has 1 heterocycles. The molecule has 2 aromatic carbocycles. The summed E-state index contributed by atoms with van der Waals surface area (Å²) < 4.78 is 7.93. The zero-order valence-electron chi connectivity index (χ0n) is 15.3. The van der Waals surface area contributed by atoms with Crippen LogP contribution < -0.4 is 10.1 Å². The molecule has 1 unspecified atom stereocenters. The monoisotopic (exact) mass is 382 g/mol. The van der Waals surface area contributed by atoms with Crippen LogP contribution in [0.25, 0.3) is 0 Å². The van der Waals surface area contributed by atoms with Crippen LogP contribution >= 0.6 is 11.8 Å². The van der Waals surface area contributed by atoms with Crippen LogP contribution in [0.2, 0.25) is 0 Å². The van der Waals surface area contributed by atoms with Gasteiger partial charge in [-0.25, -0.2) is 0 Å². The lowest BCUT2D eigenvalue weighted by atomic mass is 10.3. The molecule has 0 saturated carbocycles. The number of hydrogen-bond acceptors (Lipinski definition) is 5. The lowest BCUT2D eigenvalue weighted by Gasteiger charge is -2.15. The first-order valence-electron chi connectivity index (χ1n) is 8.80. The second-order valence-corrected chi connectivity index (χ2v) is 6.80. The minimum Gasteiger partial charge on any atom is -0.483 e. The van der Waals surface area contributed by atoms with Crippen LogP contribution in [-0.2, 0) is 11.3 Å². The summed E-state index contributed by atoms with van der Waals surface area (Å²) in [6.45, 7) is 4.67. The summed E-state index contributed by atoms with van der Waals surface area (Å²) in [6.07, 6.45) is -0.243. The van der Waals surface area contributed by atoms with Gasteiger partial charge in [0.25, 0.3) is 0 Å². The van der Waals surface area contributed by atoms with E-state index in [-0.39, 0.29) is 17.8 Å². The number of carbonyl (C=O) groups is 1. The van der Waals surface area contributed by atoms with Crippen molar-refractivity contribution in [1.29, 1.82) is 0 Å². The predicted molar refractivity (Wildman–Crippen MR) is 107 cm³/mol. The third kappa shape index (κ3) is 5.10. The molecule has 0 spiro atoms. The van der Waals surface area contributed by atoms with Crippen molar-refractivity contribution in [3.8, 4) is 5.75 Å². The molecule has 0 radical (unpaired) electrons. The fourth-order valence-electron chi connectivity index (χ4n) is 2.61. The van der Waals surface area contributed by atoms with E-state index in [4.69, 9.17) is 4.74 Å². The Labute approximate surface area is 163 Å². The standard InChI is InChI=1S/C20H22N4O2S/c1-3-24-19(15(2)26-17-12-8-5-9-13-17)22-23-20(24)27-14-18(25)21-16-10-6-4-7-11-16/h4-13,15H,3,14H2,1-2H3,(H,21,25). The van der Waals surface area contributed by atoms with Gasteiger partial charge in [-0.1, -0.05) is 48.2 Å². The van der Waals surface area contributed by atoms with Gasteiger partial charge in [-0.3, -0.25) is 4.79 Å². The van der Waals surface area contributed by atoms with Crippen molar-refractivity contribution < 1.29 is 9.53 Å².